The number of nitrogens with zero attached hydrogens (tertiary/aromatic N) is 1. The van der Waals surface area contributed by atoms with Crippen molar-refractivity contribution in [2.45, 2.75) is 32.9 Å². The molecule has 0 spiro atoms. The normalized spacial score (nSPS) is 18.8. The van der Waals surface area contributed by atoms with Crippen LogP contribution >= 0.6 is 11.6 Å². The van der Waals surface area contributed by atoms with Gasteiger partial charge in [-0.3, -0.25) is 4.79 Å². The molecule has 1 heterocycles. The van der Waals surface area contributed by atoms with Gasteiger partial charge in [0, 0.05) is 36.4 Å². The molecular formula is C15H22ClN3O. The summed E-state index contributed by atoms with van der Waals surface area (Å²) < 4.78 is 0. The number of anilines is 1. The predicted octanol–water partition coefficient (Wildman–Crippen LogP) is 2.15. The van der Waals surface area contributed by atoms with E-state index in [0.717, 1.165) is 35.8 Å². The summed E-state index contributed by atoms with van der Waals surface area (Å²) in [7, 11) is 0. The van der Waals surface area contributed by atoms with Crippen LogP contribution in [0.15, 0.2) is 18.2 Å². The lowest BCUT2D eigenvalue weighted by atomic mass is 10.1. The van der Waals surface area contributed by atoms with E-state index in [9.17, 15) is 4.79 Å². The molecular weight excluding hydrogens is 274 g/mol. The summed E-state index contributed by atoms with van der Waals surface area (Å²) in [6.07, 6.45) is 0.823. The van der Waals surface area contributed by atoms with Crippen molar-refractivity contribution in [2.24, 2.45) is 11.7 Å². The van der Waals surface area contributed by atoms with Gasteiger partial charge in [0.1, 0.15) is 0 Å². The quantitative estimate of drug-likeness (QED) is 0.875. The van der Waals surface area contributed by atoms with Gasteiger partial charge in [0.05, 0.1) is 5.92 Å². The zero-order valence-electron chi connectivity index (χ0n) is 12.0. The number of hydrogen-bond acceptors (Lipinski definition) is 3. The molecule has 0 saturated carbocycles. The van der Waals surface area contributed by atoms with E-state index in [-0.39, 0.29) is 11.8 Å². The van der Waals surface area contributed by atoms with Crippen LogP contribution in [0.5, 0.6) is 0 Å². The summed E-state index contributed by atoms with van der Waals surface area (Å²) in [4.78, 5) is 13.4. The van der Waals surface area contributed by atoms with E-state index in [1.807, 2.05) is 12.1 Å². The lowest BCUT2D eigenvalue weighted by Gasteiger charge is -2.19. The largest absolute Gasteiger partial charge is 0.371 e. The first-order chi connectivity index (χ1) is 9.47. The molecule has 1 aromatic carbocycles. The Morgan fingerprint density at radius 3 is 2.85 bits per heavy atom. The van der Waals surface area contributed by atoms with Crippen molar-refractivity contribution in [3.63, 3.8) is 0 Å². The minimum atomic E-state index is -0.212. The van der Waals surface area contributed by atoms with Gasteiger partial charge in [0.25, 0.3) is 0 Å². The third-order valence-electron chi connectivity index (χ3n) is 3.69. The molecule has 2 rings (SSSR count). The van der Waals surface area contributed by atoms with Crippen LogP contribution < -0.4 is 16.0 Å². The molecule has 110 valence electrons. The van der Waals surface area contributed by atoms with Gasteiger partial charge in [-0.2, -0.15) is 0 Å². The minimum Gasteiger partial charge on any atom is -0.371 e. The van der Waals surface area contributed by atoms with Crippen molar-refractivity contribution in [2.75, 3.05) is 18.0 Å². The number of amides is 1. The molecule has 1 amide bonds. The second-order valence-corrected chi connectivity index (χ2v) is 6.05. The van der Waals surface area contributed by atoms with Crippen LogP contribution in [0.2, 0.25) is 5.02 Å². The van der Waals surface area contributed by atoms with Crippen LogP contribution in [0.25, 0.3) is 0 Å². The van der Waals surface area contributed by atoms with E-state index in [0.29, 0.717) is 12.6 Å². The summed E-state index contributed by atoms with van der Waals surface area (Å²) in [5.41, 5.74) is 7.51. The van der Waals surface area contributed by atoms with Gasteiger partial charge in [-0.25, -0.2) is 0 Å². The average molecular weight is 296 g/mol. The lowest BCUT2D eigenvalue weighted by Crippen LogP contribution is -2.27. The van der Waals surface area contributed by atoms with Crippen LogP contribution in [0, 0.1) is 5.92 Å². The fourth-order valence-corrected chi connectivity index (χ4v) is 2.66. The number of benzene rings is 1. The smallest absolute Gasteiger partial charge is 0.222 e. The fraction of sp³-hybridized carbons (Fsp3) is 0.533. The monoisotopic (exact) mass is 295 g/mol. The van der Waals surface area contributed by atoms with Crippen molar-refractivity contribution in [1.82, 2.24) is 5.32 Å². The van der Waals surface area contributed by atoms with Gasteiger partial charge in [0.2, 0.25) is 5.91 Å². The topological polar surface area (TPSA) is 58.4 Å². The second kappa shape index (κ2) is 6.46. The number of halogens is 1. The van der Waals surface area contributed by atoms with E-state index in [1.165, 1.54) is 0 Å². The van der Waals surface area contributed by atoms with Crippen LogP contribution in [0.3, 0.4) is 0 Å². The highest BCUT2D eigenvalue weighted by atomic mass is 35.5. The number of carbonyl (C=O) groups is 1. The second-order valence-electron chi connectivity index (χ2n) is 5.65. The maximum atomic E-state index is 11.2. The molecule has 0 aliphatic carbocycles. The molecule has 1 saturated heterocycles. The van der Waals surface area contributed by atoms with Crippen LogP contribution in [-0.2, 0) is 11.3 Å². The molecule has 3 N–H and O–H groups in total. The van der Waals surface area contributed by atoms with E-state index in [1.54, 1.807) is 0 Å². The summed E-state index contributed by atoms with van der Waals surface area (Å²) in [6, 6.07) is 6.51. The maximum absolute atomic E-state index is 11.2. The molecule has 4 nitrogen and oxygen atoms in total. The highest BCUT2D eigenvalue weighted by Gasteiger charge is 2.26. The Morgan fingerprint density at radius 2 is 2.30 bits per heavy atom. The Labute approximate surface area is 125 Å². The van der Waals surface area contributed by atoms with Crippen LogP contribution in [-0.4, -0.2) is 25.0 Å². The highest BCUT2D eigenvalue weighted by molar-refractivity contribution is 6.31. The highest BCUT2D eigenvalue weighted by Crippen LogP contribution is 2.28. The third-order valence-corrected chi connectivity index (χ3v) is 4.05. The lowest BCUT2D eigenvalue weighted by molar-refractivity contribution is -0.121. The first-order valence-electron chi connectivity index (χ1n) is 7.03. The number of carbonyl (C=O) groups excluding carboxylic acids is 1. The zero-order chi connectivity index (χ0) is 14.7. The van der Waals surface area contributed by atoms with Gasteiger partial charge in [-0.15, -0.1) is 0 Å². The van der Waals surface area contributed by atoms with Crippen LogP contribution in [0.4, 0.5) is 5.69 Å². The van der Waals surface area contributed by atoms with Gasteiger partial charge < -0.3 is 16.0 Å². The molecule has 1 aromatic rings. The van der Waals surface area contributed by atoms with Gasteiger partial charge in [-0.05, 0) is 24.1 Å². The van der Waals surface area contributed by atoms with Crippen molar-refractivity contribution >= 4 is 23.2 Å². The van der Waals surface area contributed by atoms with Gasteiger partial charge >= 0.3 is 0 Å². The average Bonchev–Trinajstić information content (AvgIpc) is 2.86. The summed E-state index contributed by atoms with van der Waals surface area (Å²) >= 11 is 6.33. The fourth-order valence-electron chi connectivity index (χ4n) is 2.42. The predicted molar refractivity (Wildman–Crippen MR) is 82.9 cm³/mol. The molecule has 1 unspecified atom stereocenters. The number of nitrogens with two attached hydrogens (primary N) is 1. The summed E-state index contributed by atoms with van der Waals surface area (Å²) in [5, 5.41) is 4.12. The minimum absolute atomic E-state index is 0.0453. The first-order valence-corrected chi connectivity index (χ1v) is 7.41. The van der Waals surface area contributed by atoms with Crippen LogP contribution in [0.1, 0.15) is 25.8 Å². The molecule has 0 aromatic heterocycles. The maximum Gasteiger partial charge on any atom is 0.222 e. The Morgan fingerprint density at radius 1 is 1.55 bits per heavy atom. The van der Waals surface area contributed by atoms with Crippen molar-refractivity contribution in [3.05, 3.63) is 28.8 Å². The van der Waals surface area contributed by atoms with E-state index >= 15 is 0 Å². The molecule has 1 aliphatic heterocycles. The standard InChI is InChI=1S/C15H22ClN3O/c1-10(2)18-8-11-3-4-13(7-14(11)16)19-6-5-12(9-19)15(17)20/h3-4,7,10,12,18H,5-6,8-9H2,1-2H3,(H2,17,20). The van der Waals surface area contributed by atoms with E-state index in [2.05, 4.69) is 30.1 Å². The molecule has 1 aliphatic rings. The van der Waals surface area contributed by atoms with Gasteiger partial charge in [0.15, 0.2) is 0 Å². The molecule has 20 heavy (non-hydrogen) atoms. The van der Waals surface area contributed by atoms with E-state index < -0.39 is 0 Å². The molecule has 0 radical (unpaired) electrons. The number of rotatable bonds is 5. The number of primary amides is 1. The SMILES string of the molecule is CC(C)NCc1ccc(N2CCC(C(N)=O)C2)cc1Cl. The van der Waals surface area contributed by atoms with Gasteiger partial charge in [-0.1, -0.05) is 31.5 Å². The van der Waals surface area contributed by atoms with Crippen molar-refractivity contribution < 1.29 is 4.79 Å². The Hall–Kier alpha value is -1.26. The van der Waals surface area contributed by atoms with Crippen molar-refractivity contribution in [3.8, 4) is 0 Å². The molecule has 0 bridgehead atoms. The summed E-state index contributed by atoms with van der Waals surface area (Å²) in [5.74, 6) is -0.257. The Balaban J connectivity index is 2.04. The Bertz CT molecular complexity index is 490. The molecule has 1 fully saturated rings. The Kier molecular flexibility index (Phi) is 4.89. The first kappa shape index (κ1) is 15.1. The third kappa shape index (κ3) is 3.64. The molecule has 5 heteroatoms. The number of hydrogen-bond donors (Lipinski definition) is 2. The van der Waals surface area contributed by atoms with Crippen molar-refractivity contribution in [1.29, 1.82) is 0 Å². The molecule has 1 atom stereocenters. The zero-order valence-corrected chi connectivity index (χ0v) is 12.8. The number of nitrogens with one attached hydrogen (secondary N) is 1. The summed E-state index contributed by atoms with van der Waals surface area (Å²) in [6.45, 7) is 6.52. The van der Waals surface area contributed by atoms with E-state index in [4.69, 9.17) is 17.3 Å².